The zero-order valence-electron chi connectivity index (χ0n) is 16.6. The molecule has 0 bridgehead atoms. The van der Waals surface area contributed by atoms with Gasteiger partial charge in [-0.3, -0.25) is 9.69 Å². The van der Waals surface area contributed by atoms with Gasteiger partial charge in [-0.1, -0.05) is 45.0 Å². The lowest BCUT2D eigenvalue weighted by Crippen LogP contribution is -2.48. The van der Waals surface area contributed by atoms with E-state index in [-0.39, 0.29) is 11.8 Å². The number of benzene rings is 1. The van der Waals surface area contributed by atoms with Gasteiger partial charge in [0.15, 0.2) is 0 Å². The molecular weight excluding hydrogens is 340 g/mol. The molecule has 6 heteroatoms. The summed E-state index contributed by atoms with van der Waals surface area (Å²) in [5.41, 5.74) is 2.57. The van der Waals surface area contributed by atoms with E-state index in [1.807, 2.05) is 18.7 Å². The van der Waals surface area contributed by atoms with Crippen molar-refractivity contribution in [3.63, 3.8) is 0 Å². The van der Waals surface area contributed by atoms with Crippen molar-refractivity contribution in [2.45, 2.75) is 52.5 Å². The van der Waals surface area contributed by atoms with Crippen LogP contribution in [0.2, 0.25) is 0 Å². The Labute approximate surface area is 161 Å². The van der Waals surface area contributed by atoms with Crippen molar-refractivity contribution in [3.8, 4) is 0 Å². The molecule has 1 aromatic carbocycles. The van der Waals surface area contributed by atoms with Gasteiger partial charge in [-0.15, -0.1) is 10.2 Å². The number of piperazine rings is 1. The van der Waals surface area contributed by atoms with Gasteiger partial charge in [0, 0.05) is 38.5 Å². The molecule has 1 aliphatic rings. The first-order valence-electron chi connectivity index (χ1n) is 9.95. The second kappa shape index (κ2) is 9.13. The molecule has 3 rings (SSSR count). The van der Waals surface area contributed by atoms with E-state index in [0.717, 1.165) is 39.0 Å². The van der Waals surface area contributed by atoms with Crippen LogP contribution in [-0.4, -0.2) is 52.1 Å². The lowest BCUT2D eigenvalue weighted by atomic mass is 10.1. The first-order valence-corrected chi connectivity index (χ1v) is 9.95. The van der Waals surface area contributed by atoms with Crippen molar-refractivity contribution < 1.29 is 9.21 Å². The Morgan fingerprint density at radius 2 is 1.74 bits per heavy atom. The Morgan fingerprint density at radius 3 is 2.33 bits per heavy atom. The predicted molar refractivity (Wildman–Crippen MR) is 104 cm³/mol. The number of aromatic nitrogens is 2. The van der Waals surface area contributed by atoms with Gasteiger partial charge in [-0.05, 0) is 24.0 Å². The molecule has 0 atom stereocenters. The highest BCUT2D eigenvalue weighted by atomic mass is 16.4. The van der Waals surface area contributed by atoms with Crippen LogP contribution in [0, 0.1) is 0 Å². The van der Waals surface area contributed by atoms with E-state index in [4.69, 9.17) is 4.42 Å². The lowest BCUT2D eigenvalue weighted by Gasteiger charge is -2.34. The monoisotopic (exact) mass is 370 g/mol. The SMILES string of the molecule is CCc1ccc(CCC(=O)N2CCN(Cc3nnc(C(C)C)o3)CC2)cc1. The number of amides is 1. The summed E-state index contributed by atoms with van der Waals surface area (Å²) in [5.74, 6) is 1.84. The quantitative estimate of drug-likeness (QED) is 0.750. The minimum Gasteiger partial charge on any atom is -0.424 e. The summed E-state index contributed by atoms with van der Waals surface area (Å²) >= 11 is 0. The van der Waals surface area contributed by atoms with Crippen LogP contribution in [0.5, 0.6) is 0 Å². The molecule has 6 nitrogen and oxygen atoms in total. The van der Waals surface area contributed by atoms with Crippen molar-refractivity contribution in [1.82, 2.24) is 20.0 Å². The molecule has 2 heterocycles. The molecule has 0 saturated carbocycles. The average molecular weight is 370 g/mol. The van der Waals surface area contributed by atoms with Crippen molar-refractivity contribution in [2.75, 3.05) is 26.2 Å². The fourth-order valence-corrected chi connectivity index (χ4v) is 3.26. The number of aryl methyl sites for hydroxylation is 2. The molecule has 1 saturated heterocycles. The van der Waals surface area contributed by atoms with Crippen LogP contribution in [0.1, 0.15) is 56.0 Å². The third-order valence-corrected chi connectivity index (χ3v) is 5.12. The topological polar surface area (TPSA) is 62.5 Å². The predicted octanol–water partition coefficient (Wildman–Crippen LogP) is 3.03. The molecule has 1 aliphatic heterocycles. The van der Waals surface area contributed by atoms with E-state index in [9.17, 15) is 4.79 Å². The first-order chi connectivity index (χ1) is 13.0. The minimum absolute atomic E-state index is 0.245. The number of carbonyl (C=O) groups excluding carboxylic acids is 1. The molecular formula is C21H30N4O2. The van der Waals surface area contributed by atoms with Gasteiger partial charge in [-0.2, -0.15) is 0 Å². The molecule has 1 aromatic heterocycles. The summed E-state index contributed by atoms with van der Waals surface area (Å²) in [6.45, 7) is 10.1. The molecule has 146 valence electrons. The van der Waals surface area contributed by atoms with E-state index in [1.54, 1.807) is 0 Å². The molecule has 0 unspecified atom stereocenters. The van der Waals surface area contributed by atoms with Crippen molar-refractivity contribution >= 4 is 5.91 Å². The smallest absolute Gasteiger partial charge is 0.230 e. The highest BCUT2D eigenvalue weighted by Crippen LogP contribution is 2.15. The average Bonchev–Trinajstić information content (AvgIpc) is 3.16. The molecule has 0 N–H and O–H groups in total. The van der Waals surface area contributed by atoms with E-state index in [2.05, 4.69) is 46.3 Å². The maximum Gasteiger partial charge on any atom is 0.230 e. The maximum atomic E-state index is 12.5. The lowest BCUT2D eigenvalue weighted by molar-refractivity contribution is -0.133. The molecule has 2 aromatic rings. The molecule has 0 aliphatic carbocycles. The molecule has 0 spiro atoms. The highest BCUT2D eigenvalue weighted by molar-refractivity contribution is 5.76. The highest BCUT2D eigenvalue weighted by Gasteiger charge is 2.22. The van der Waals surface area contributed by atoms with E-state index < -0.39 is 0 Å². The normalized spacial score (nSPS) is 15.5. The van der Waals surface area contributed by atoms with Gasteiger partial charge in [0.2, 0.25) is 17.7 Å². The van der Waals surface area contributed by atoms with Crippen LogP contribution in [0.4, 0.5) is 0 Å². The molecule has 1 amide bonds. The molecule has 0 radical (unpaired) electrons. The van der Waals surface area contributed by atoms with Crippen LogP contribution in [0.15, 0.2) is 28.7 Å². The molecule has 1 fully saturated rings. The van der Waals surface area contributed by atoms with E-state index in [1.165, 1.54) is 11.1 Å². The van der Waals surface area contributed by atoms with E-state index in [0.29, 0.717) is 24.7 Å². The van der Waals surface area contributed by atoms with E-state index >= 15 is 0 Å². The zero-order valence-corrected chi connectivity index (χ0v) is 16.6. The van der Waals surface area contributed by atoms with Crippen molar-refractivity contribution in [1.29, 1.82) is 0 Å². The van der Waals surface area contributed by atoms with Gasteiger partial charge in [-0.25, -0.2) is 0 Å². The Morgan fingerprint density at radius 1 is 1.07 bits per heavy atom. The maximum absolute atomic E-state index is 12.5. The molecule has 27 heavy (non-hydrogen) atoms. The third-order valence-electron chi connectivity index (χ3n) is 5.12. The van der Waals surface area contributed by atoms with Crippen molar-refractivity contribution in [2.24, 2.45) is 0 Å². The Balaban J connectivity index is 1.41. The largest absolute Gasteiger partial charge is 0.424 e. The van der Waals surface area contributed by atoms with Gasteiger partial charge in [0.05, 0.1) is 6.54 Å². The van der Waals surface area contributed by atoms with Crippen LogP contribution in [-0.2, 0) is 24.2 Å². The zero-order chi connectivity index (χ0) is 19.2. The van der Waals surface area contributed by atoms with Crippen LogP contribution in [0.3, 0.4) is 0 Å². The van der Waals surface area contributed by atoms with Gasteiger partial charge in [0.25, 0.3) is 0 Å². The van der Waals surface area contributed by atoms with Crippen LogP contribution in [0.25, 0.3) is 0 Å². The second-order valence-electron chi connectivity index (χ2n) is 7.52. The Kier molecular flexibility index (Phi) is 6.61. The summed E-state index contributed by atoms with van der Waals surface area (Å²) in [6.07, 6.45) is 2.43. The van der Waals surface area contributed by atoms with Crippen LogP contribution >= 0.6 is 0 Å². The van der Waals surface area contributed by atoms with Crippen molar-refractivity contribution in [3.05, 3.63) is 47.2 Å². The number of nitrogens with zero attached hydrogens (tertiary/aromatic N) is 4. The first kappa shape index (κ1) is 19.5. The number of carbonyl (C=O) groups is 1. The fraction of sp³-hybridized carbons (Fsp3) is 0.571. The minimum atomic E-state index is 0.245. The summed E-state index contributed by atoms with van der Waals surface area (Å²) < 4.78 is 5.68. The van der Waals surface area contributed by atoms with Gasteiger partial charge < -0.3 is 9.32 Å². The van der Waals surface area contributed by atoms with Crippen LogP contribution < -0.4 is 0 Å². The number of rotatable bonds is 7. The Bertz CT molecular complexity index is 731. The number of hydrogen-bond donors (Lipinski definition) is 0. The summed E-state index contributed by atoms with van der Waals surface area (Å²) in [5, 5.41) is 8.20. The second-order valence-corrected chi connectivity index (χ2v) is 7.52. The van der Waals surface area contributed by atoms with Gasteiger partial charge in [0.1, 0.15) is 0 Å². The fourth-order valence-electron chi connectivity index (χ4n) is 3.26. The van der Waals surface area contributed by atoms with Gasteiger partial charge >= 0.3 is 0 Å². The third kappa shape index (κ3) is 5.39. The standard InChI is InChI=1S/C21H30N4O2/c1-4-17-5-7-18(8-6-17)9-10-20(26)25-13-11-24(12-14-25)15-19-22-23-21(27-19)16(2)3/h5-8,16H,4,9-15H2,1-3H3. The Hall–Kier alpha value is -2.21. The summed E-state index contributed by atoms with van der Waals surface area (Å²) in [6, 6.07) is 8.58. The number of hydrogen-bond acceptors (Lipinski definition) is 5. The summed E-state index contributed by atoms with van der Waals surface area (Å²) in [4.78, 5) is 16.7. The summed E-state index contributed by atoms with van der Waals surface area (Å²) in [7, 11) is 0.